The highest BCUT2D eigenvalue weighted by Crippen LogP contribution is 2.29. The maximum absolute atomic E-state index is 12.6. The average Bonchev–Trinajstić information content (AvgIpc) is 3.27. The number of hydrogen-bond donors (Lipinski definition) is 3. The quantitative estimate of drug-likeness (QED) is 0.505. The van der Waals surface area contributed by atoms with Crippen molar-refractivity contribution in [3.05, 3.63) is 71.1 Å². The molecule has 0 spiro atoms. The Morgan fingerprint density at radius 3 is 2.00 bits per heavy atom. The zero-order valence-electron chi connectivity index (χ0n) is 16.3. The van der Waals surface area contributed by atoms with E-state index in [1.54, 1.807) is 12.1 Å². The van der Waals surface area contributed by atoms with Gasteiger partial charge in [0.25, 0.3) is 11.8 Å². The fourth-order valence-corrected chi connectivity index (χ4v) is 2.55. The number of nitrogens with two attached hydrogens (primary N) is 1. The molecular weight excluding hydrogens is 431 g/mol. The lowest BCUT2D eigenvalue weighted by atomic mass is 10.1. The lowest BCUT2D eigenvalue weighted by Crippen LogP contribution is -2.33. The minimum atomic E-state index is -4.74. The molecule has 0 atom stereocenters. The Labute approximate surface area is 178 Å². The van der Waals surface area contributed by atoms with Gasteiger partial charge in [0.2, 0.25) is 11.7 Å². The molecule has 9 nitrogen and oxygen atoms in total. The topological polar surface area (TPSA) is 140 Å². The number of primary amides is 1. The molecule has 3 amide bonds. The van der Waals surface area contributed by atoms with Crippen LogP contribution in [0.5, 0.6) is 0 Å². The van der Waals surface area contributed by atoms with Crippen LogP contribution in [0.4, 0.5) is 13.2 Å². The minimum absolute atomic E-state index is 0.170. The number of carbonyl (C=O) groups excluding carboxylic acids is 3. The molecular formula is C20H16F3N5O4. The van der Waals surface area contributed by atoms with E-state index in [2.05, 4.69) is 25.3 Å². The summed E-state index contributed by atoms with van der Waals surface area (Å²) in [6.07, 6.45) is -4.74. The number of aromatic nitrogens is 2. The van der Waals surface area contributed by atoms with E-state index in [1.165, 1.54) is 36.4 Å². The van der Waals surface area contributed by atoms with Gasteiger partial charge in [0.05, 0.1) is 6.54 Å². The summed E-state index contributed by atoms with van der Waals surface area (Å²) in [6, 6.07) is 12.0. The van der Waals surface area contributed by atoms with Crippen LogP contribution >= 0.6 is 0 Å². The molecule has 0 saturated carbocycles. The van der Waals surface area contributed by atoms with E-state index in [4.69, 9.17) is 5.73 Å². The van der Waals surface area contributed by atoms with Gasteiger partial charge in [0.1, 0.15) is 0 Å². The van der Waals surface area contributed by atoms with Gasteiger partial charge in [0.15, 0.2) is 0 Å². The van der Waals surface area contributed by atoms with Crippen LogP contribution in [0.2, 0.25) is 0 Å². The zero-order chi connectivity index (χ0) is 23.3. The highest BCUT2D eigenvalue weighted by atomic mass is 19.4. The van der Waals surface area contributed by atoms with Crippen molar-refractivity contribution in [3.8, 4) is 11.4 Å². The Kier molecular flexibility index (Phi) is 6.52. The number of alkyl halides is 3. The van der Waals surface area contributed by atoms with Crippen molar-refractivity contribution in [3.63, 3.8) is 0 Å². The maximum atomic E-state index is 12.6. The second kappa shape index (κ2) is 9.29. The van der Waals surface area contributed by atoms with E-state index < -0.39 is 29.8 Å². The number of amides is 3. The SMILES string of the molecule is NC(=O)CNC(=O)c1ccc(CNC(=O)c2ccc(-c3noc(C(F)(F)F)n3)cc2)cc1. The fraction of sp³-hybridized carbons (Fsp3) is 0.150. The van der Waals surface area contributed by atoms with E-state index in [9.17, 15) is 27.6 Å². The van der Waals surface area contributed by atoms with Gasteiger partial charge < -0.3 is 20.9 Å². The number of hydrogen-bond acceptors (Lipinski definition) is 6. The van der Waals surface area contributed by atoms with E-state index >= 15 is 0 Å². The molecule has 0 aliphatic heterocycles. The minimum Gasteiger partial charge on any atom is -0.368 e. The normalized spacial score (nSPS) is 11.1. The van der Waals surface area contributed by atoms with E-state index in [-0.39, 0.29) is 30.0 Å². The third kappa shape index (κ3) is 5.68. The van der Waals surface area contributed by atoms with E-state index in [0.717, 1.165) is 0 Å². The third-order valence-corrected chi connectivity index (χ3v) is 4.17. The lowest BCUT2D eigenvalue weighted by molar-refractivity contribution is -0.159. The summed E-state index contributed by atoms with van der Waals surface area (Å²) in [7, 11) is 0. The Morgan fingerprint density at radius 2 is 1.47 bits per heavy atom. The standard InChI is InChI=1S/C20H16F3N5O4/c21-20(22,23)19-27-16(28-32-19)12-5-7-14(8-6-12)17(30)25-9-11-1-3-13(4-2-11)18(31)26-10-15(24)29/h1-8H,9-10H2,(H2,24,29)(H,25,30)(H,26,31). The van der Waals surface area contributed by atoms with Crippen molar-refractivity contribution in [2.75, 3.05) is 6.54 Å². The van der Waals surface area contributed by atoms with Crippen molar-refractivity contribution < 1.29 is 32.1 Å². The second-order valence-corrected chi connectivity index (χ2v) is 6.53. The second-order valence-electron chi connectivity index (χ2n) is 6.53. The molecule has 0 fully saturated rings. The molecule has 3 rings (SSSR count). The molecule has 0 saturated heterocycles. The van der Waals surface area contributed by atoms with Crippen molar-refractivity contribution in [2.45, 2.75) is 12.7 Å². The number of nitrogens with one attached hydrogen (secondary N) is 2. The van der Waals surface area contributed by atoms with Crippen LogP contribution in [-0.4, -0.2) is 34.4 Å². The first-order valence-electron chi connectivity index (χ1n) is 9.08. The summed E-state index contributed by atoms with van der Waals surface area (Å²) in [6.45, 7) is -0.102. The van der Waals surface area contributed by atoms with Gasteiger partial charge in [-0.1, -0.05) is 29.4 Å². The molecule has 0 bridgehead atoms. The molecule has 12 heteroatoms. The third-order valence-electron chi connectivity index (χ3n) is 4.17. The number of benzene rings is 2. The first kappa shape index (κ1) is 22.5. The highest BCUT2D eigenvalue weighted by Gasteiger charge is 2.38. The summed E-state index contributed by atoms with van der Waals surface area (Å²) >= 11 is 0. The fourth-order valence-electron chi connectivity index (χ4n) is 2.55. The van der Waals surface area contributed by atoms with E-state index in [1.807, 2.05) is 0 Å². The maximum Gasteiger partial charge on any atom is 0.471 e. The van der Waals surface area contributed by atoms with Crippen molar-refractivity contribution >= 4 is 17.7 Å². The monoisotopic (exact) mass is 447 g/mol. The molecule has 3 aromatic rings. The number of carbonyl (C=O) groups is 3. The van der Waals surface area contributed by atoms with Gasteiger partial charge in [-0.3, -0.25) is 14.4 Å². The molecule has 0 radical (unpaired) electrons. The summed E-state index contributed by atoms with van der Waals surface area (Å²) in [5.74, 6) is -3.23. The Balaban J connectivity index is 1.56. The summed E-state index contributed by atoms with van der Waals surface area (Å²) in [5, 5.41) is 8.33. The van der Waals surface area contributed by atoms with Gasteiger partial charge in [-0.2, -0.15) is 18.2 Å². The lowest BCUT2D eigenvalue weighted by Gasteiger charge is -2.07. The molecule has 2 aromatic carbocycles. The molecule has 0 aliphatic carbocycles. The van der Waals surface area contributed by atoms with Crippen molar-refractivity contribution in [2.24, 2.45) is 5.73 Å². The zero-order valence-corrected chi connectivity index (χ0v) is 16.3. The van der Waals surface area contributed by atoms with Crippen molar-refractivity contribution in [1.29, 1.82) is 0 Å². The number of rotatable bonds is 7. The summed E-state index contributed by atoms with van der Waals surface area (Å²) in [5.41, 5.74) is 6.54. The predicted molar refractivity (Wildman–Crippen MR) is 104 cm³/mol. The molecule has 32 heavy (non-hydrogen) atoms. The van der Waals surface area contributed by atoms with Crippen LogP contribution in [0.1, 0.15) is 32.2 Å². The van der Waals surface area contributed by atoms with Gasteiger partial charge in [-0.15, -0.1) is 0 Å². The average molecular weight is 447 g/mol. The van der Waals surface area contributed by atoms with Crippen LogP contribution in [0.25, 0.3) is 11.4 Å². The number of halogens is 3. The van der Waals surface area contributed by atoms with Crippen molar-refractivity contribution in [1.82, 2.24) is 20.8 Å². The van der Waals surface area contributed by atoms with Crippen LogP contribution in [0.15, 0.2) is 53.1 Å². The van der Waals surface area contributed by atoms with E-state index in [0.29, 0.717) is 11.1 Å². The first-order chi connectivity index (χ1) is 15.1. The Morgan fingerprint density at radius 1 is 0.906 bits per heavy atom. The molecule has 0 unspecified atom stereocenters. The Bertz CT molecular complexity index is 1130. The summed E-state index contributed by atoms with van der Waals surface area (Å²) in [4.78, 5) is 38.1. The van der Waals surface area contributed by atoms with Crippen LogP contribution < -0.4 is 16.4 Å². The molecule has 4 N–H and O–H groups in total. The molecule has 1 aromatic heterocycles. The van der Waals surface area contributed by atoms with Gasteiger partial charge in [-0.05, 0) is 29.8 Å². The largest absolute Gasteiger partial charge is 0.471 e. The smallest absolute Gasteiger partial charge is 0.368 e. The number of nitrogens with zero attached hydrogens (tertiary/aromatic N) is 2. The van der Waals surface area contributed by atoms with Gasteiger partial charge >= 0.3 is 12.1 Å². The summed E-state index contributed by atoms with van der Waals surface area (Å²) < 4.78 is 41.8. The molecule has 0 aliphatic rings. The van der Waals surface area contributed by atoms with Gasteiger partial charge in [0, 0.05) is 23.2 Å². The molecule has 166 valence electrons. The highest BCUT2D eigenvalue weighted by molar-refractivity contribution is 5.96. The molecule has 1 heterocycles. The first-order valence-corrected chi connectivity index (χ1v) is 9.08. The predicted octanol–water partition coefficient (Wildman–Crippen LogP) is 1.90. The van der Waals surface area contributed by atoms with Crippen LogP contribution in [-0.2, 0) is 17.5 Å². The Hall–Kier alpha value is -4.22. The van der Waals surface area contributed by atoms with Crippen LogP contribution in [0, 0.1) is 0 Å². The van der Waals surface area contributed by atoms with Gasteiger partial charge in [-0.25, -0.2) is 0 Å². The van der Waals surface area contributed by atoms with Crippen LogP contribution in [0.3, 0.4) is 0 Å².